The van der Waals surface area contributed by atoms with Crippen molar-refractivity contribution in [1.29, 1.82) is 0 Å². The summed E-state index contributed by atoms with van der Waals surface area (Å²) in [4.78, 5) is 10.6. The largest absolute Gasteiger partial charge is 0.418 e. The zero-order valence-electron chi connectivity index (χ0n) is 12.7. The molecule has 0 amide bonds. The molecule has 0 bridgehead atoms. The molecule has 1 atom stereocenters. The van der Waals surface area contributed by atoms with Gasteiger partial charge in [-0.15, -0.1) is 0 Å². The Bertz CT molecular complexity index is 885. The van der Waals surface area contributed by atoms with Gasteiger partial charge in [0.25, 0.3) is 0 Å². The van der Waals surface area contributed by atoms with Crippen LogP contribution in [0.25, 0.3) is 11.0 Å². The molecule has 0 radical (unpaired) electrons. The average Bonchev–Trinajstić information content (AvgIpc) is 3.01. The van der Waals surface area contributed by atoms with Gasteiger partial charge in [0.15, 0.2) is 0 Å². The van der Waals surface area contributed by atoms with Crippen LogP contribution in [0.1, 0.15) is 35.6 Å². The number of anilines is 1. The van der Waals surface area contributed by atoms with E-state index >= 15 is 0 Å². The molecule has 24 heavy (non-hydrogen) atoms. The molecule has 2 heterocycles. The lowest BCUT2D eigenvalue weighted by atomic mass is 9.88. The van der Waals surface area contributed by atoms with Gasteiger partial charge in [0.2, 0.25) is 0 Å². The second kappa shape index (κ2) is 5.51. The van der Waals surface area contributed by atoms with E-state index in [1.165, 1.54) is 11.9 Å². The molecule has 2 N–H and O–H groups in total. The summed E-state index contributed by atoms with van der Waals surface area (Å²) in [5.74, 6) is 0.218. The Morgan fingerprint density at radius 2 is 2.00 bits per heavy atom. The third-order valence-electron chi connectivity index (χ3n) is 4.46. The standard InChI is InChI=1S/C17H15F3N4/c18-17(19,20)12-8-21-15-14(12)16(23-9-22-15)24-13-7-3-5-10-4-1-2-6-11(10)13/h1-2,4,6,8-9,13H,3,5,7H2,(H2,21,22,23,24)/t13-/m0/s1. The number of hydrogen-bond acceptors (Lipinski definition) is 3. The molecule has 3 aromatic rings. The number of nitrogens with zero attached hydrogens (tertiary/aromatic N) is 2. The number of rotatable bonds is 2. The summed E-state index contributed by atoms with van der Waals surface area (Å²) in [5.41, 5.74) is 1.80. The number of halogens is 3. The highest BCUT2D eigenvalue weighted by molar-refractivity contribution is 5.91. The van der Waals surface area contributed by atoms with Crippen LogP contribution >= 0.6 is 0 Å². The van der Waals surface area contributed by atoms with Crippen molar-refractivity contribution in [3.05, 3.63) is 53.5 Å². The Labute approximate surface area is 136 Å². The molecule has 0 spiro atoms. The molecule has 0 saturated carbocycles. The smallest absolute Gasteiger partial charge is 0.363 e. The number of H-pyrrole nitrogens is 1. The first-order chi connectivity index (χ1) is 11.5. The fourth-order valence-corrected chi connectivity index (χ4v) is 3.36. The maximum Gasteiger partial charge on any atom is 0.418 e. The van der Waals surface area contributed by atoms with E-state index in [2.05, 4.69) is 26.3 Å². The van der Waals surface area contributed by atoms with Crippen LogP contribution in [0.3, 0.4) is 0 Å². The van der Waals surface area contributed by atoms with Crippen LogP contribution < -0.4 is 5.32 Å². The van der Waals surface area contributed by atoms with Crippen molar-refractivity contribution < 1.29 is 13.2 Å². The highest BCUT2D eigenvalue weighted by Crippen LogP contribution is 2.39. The van der Waals surface area contributed by atoms with Crippen molar-refractivity contribution in [1.82, 2.24) is 15.0 Å². The van der Waals surface area contributed by atoms with Crippen molar-refractivity contribution in [2.75, 3.05) is 5.32 Å². The van der Waals surface area contributed by atoms with Gasteiger partial charge in [0.1, 0.15) is 17.8 Å². The first-order valence-electron chi connectivity index (χ1n) is 7.77. The van der Waals surface area contributed by atoms with E-state index in [1.54, 1.807) is 0 Å². The first kappa shape index (κ1) is 15.0. The minimum Gasteiger partial charge on any atom is -0.363 e. The Morgan fingerprint density at radius 3 is 2.83 bits per heavy atom. The lowest BCUT2D eigenvalue weighted by Gasteiger charge is -2.27. The fraction of sp³-hybridized carbons (Fsp3) is 0.294. The highest BCUT2D eigenvalue weighted by Gasteiger charge is 2.35. The van der Waals surface area contributed by atoms with E-state index in [0.29, 0.717) is 0 Å². The summed E-state index contributed by atoms with van der Waals surface area (Å²) in [6.45, 7) is 0. The van der Waals surface area contributed by atoms with Gasteiger partial charge in [-0.2, -0.15) is 13.2 Å². The average molecular weight is 332 g/mol. The summed E-state index contributed by atoms with van der Waals surface area (Å²) >= 11 is 0. The van der Waals surface area contributed by atoms with E-state index in [0.717, 1.165) is 31.0 Å². The third-order valence-corrected chi connectivity index (χ3v) is 4.46. The van der Waals surface area contributed by atoms with Crippen LogP contribution in [0.4, 0.5) is 19.0 Å². The van der Waals surface area contributed by atoms with Crippen molar-refractivity contribution >= 4 is 16.9 Å². The predicted molar refractivity (Wildman–Crippen MR) is 84.6 cm³/mol. The molecule has 124 valence electrons. The van der Waals surface area contributed by atoms with Gasteiger partial charge in [-0.1, -0.05) is 24.3 Å². The van der Waals surface area contributed by atoms with E-state index in [4.69, 9.17) is 0 Å². The van der Waals surface area contributed by atoms with Gasteiger partial charge >= 0.3 is 6.18 Å². The number of nitrogens with one attached hydrogen (secondary N) is 2. The Kier molecular flexibility index (Phi) is 3.44. The molecule has 7 heteroatoms. The van der Waals surface area contributed by atoms with Crippen LogP contribution in [-0.2, 0) is 12.6 Å². The molecule has 4 nitrogen and oxygen atoms in total. The van der Waals surface area contributed by atoms with Crippen LogP contribution in [-0.4, -0.2) is 15.0 Å². The van der Waals surface area contributed by atoms with Gasteiger partial charge in [-0.05, 0) is 30.4 Å². The minimum absolute atomic E-state index is 0.00643. The number of benzene rings is 1. The molecule has 2 aromatic heterocycles. The maximum atomic E-state index is 13.2. The quantitative estimate of drug-likeness (QED) is 0.728. The summed E-state index contributed by atoms with van der Waals surface area (Å²) in [6, 6.07) is 7.97. The minimum atomic E-state index is -4.45. The van der Waals surface area contributed by atoms with Crippen LogP contribution in [0, 0.1) is 0 Å². The second-order valence-corrected chi connectivity index (χ2v) is 5.93. The van der Waals surface area contributed by atoms with Gasteiger partial charge in [0.05, 0.1) is 17.0 Å². The number of aromatic amines is 1. The normalized spacial score (nSPS) is 17.7. The van der Waals surface area contributed by atoms with E-state index < -0.39 is 11.7 Å². The van der Waals surface area contributed by atoms with Crippen molar-refractivity contribution in [3.8, 4) is 0 Å². The topological polar surface area (TPSA) is 53.6 Å². The number of aryl methyl sites for hydroxylation is 1. The van der Waals surface area contributed by atoms with Crippen LogP contribution in [0.5, 0.6) is 0 Å². The number of hydrogen-bond donors (Lipinski definition) is 2. The van der Waals surface area contributed by atoms with Crippen LogP contribution in [0.15, 0.2) is 36.8 Å². The van der Waals surface area contributed by atoms with E-state index in [1.807, 2.05) is 18.2 Å². The number of fused-ring (bicyclic) bond motifs is 2. The molecular formula is C17H15F3N4. The molecule has 1 aliphatic rings. The molecular weight excluding hydrogens is 317 g/mol. The van der Waals surface area contributed by atoms with Gasteiger partial charge < -0.3 is 10.3 Å². The van der Waals surface area contributed by atoms with E-state index in [9.17, 15) is 13.2 Å². The first-order valence-corrected chi connectivity index (χ1v) is 7.77. The Hall–Kier alpha value is -2.57. The molecule has 1 aliphatic carbocycles. The van der Waals surface area contributed by atoms with Crippen molar-refractivity contribution in [3.63, 3.8) is 0 Å². The zero-order chi connectivity index (χ0) is 16.7. The SMILES string of the molecule is FC(F)(F)c1c[nH]c2ncnc(N[C@H]3CCCc4ccccc43)c12. The molecule has 4 rings (SSSR count). The van der Waals surface area contributed by atoms with Gasteiger partial charge in [-0.25, -0.2) is 9.97 Å². The summed E-state index contributed by atoms with van der Waals surface area (Å²) in [5, 5.41) is 3.20. The molecule has 0 fully saturated rings. The predicted octanol–water partition coefficient (Wildman–Crippen LogP) is 4.47. The summed E-state index contributed by atoms with van der Waals surface area (Å²) in [6.07, 6.45) is 0.598. The van der Waals surface area contributed by atoms with E-state index in [-0.39, 0.29) is 22.9 Å². The molecule has 1 aromatic carbocycles. The Morgan fingerprint density at radius 1 is 1.17 bits per heavy atom. The van der Waals surface area contributed by atoms with Gasteiger partial charge in [-0.3, -0.25) is 0 Å². The zero-order valence-corrected chi connectivity index (χ0v) is 12.7. The number of alkyl halides is 3. The van der Waals surface area contributed by atoms with Crippen LogP contribution in [0.2, 0.25) is 0 Å². The number of aromatic nitrogens is 3. The molecule has 0 aliphatic heterocycles. The Balaban J connectivity index is 1.77. The summed E-state index contributed by atoms with van der Waals surface area (Å²) in [7, 11) is 0. The summed E-state index contributed by atoms with van der Waals surface area (Å²) < 4.78 is 39.7. The molecule has 0 unspecified atom stereocenters. The van der Waals surface area contributed by atoms with Crippen molar-refractivity contribution in [2.45, 2.75) is 31.5 Å². The molecule has 0 saturated heterocycles. The third kappa shape index (κ3) is 2.50. The highest BCUT2D eigenvalue weighted by atomic mass is 19.4. The lowest BCUT2D eigenvalue weighted by molar-refractivity contribution is -0.136. The van der Waals surface area contributed by atoms with Crippen molar-refractivity contribution in [2.24, 2.45) is 0 Å². The lowest BCUT2D eigenvalue weighted by Crippen LogP contribution is -2.18. The fourth-order valence-electron chi connectivity index (χ4n) is 3.36. The maximum absolute atomic E-state index is 13.2. The monoisotopic (exact) mass is 332 g/mol. The van der Waals surface area contributed by atoms with Gasteiger partial charge in [0, 0.05) is 6.20 Å². The second-order valence-electron chi connectivity index (χ2n) is 5.93.